The molecule has 153 valence electrons. The summed E-state index contributed by atoms with van der Waals surface area (Å²) in [6, 6.07) is 0. The number of rotatable bonds is 2. The molecule has 4 saturated carbocycles. The molecule has 4 aliphatic carbocycles. The van der Waals surface area contributed by atoms with Crippen LogP contribution in [-0.2, 0) is 0 Å². The summed E-state index contributed by atoms with van der Waals surface area (Å²) >= 11 is 0. The Bertz CT molecular complexity index is 452. The zero-order valence-corrected chi connectivity index (χ0v) is 19.5. The summed E-state index contributed by atoms with van der Waals surface area (Å²) in [6.07, 6.45) is 17.9. The molecule has 8 atom stereocenters. The van der Waals surface area contributed by atoms with Crippen molar-refractivity contribution in [1.82, 2.24) is 0 Å². The summed E-state index contributed by atoms with van der Waals surface area (Å²) in [5.74, 6) is 5.96. The molecule has 4 fully saturated rings. The number of hydrogen-bond acceptors (Lipinski definition) is 0. The first-order chi connectivity index (χ1) is 11.0. The van der Waals surface area contributed by atoms with Crippen LogP contribution in [0.4, 0.5) is 0 Å². The Morgan fingerprint density at radius 3 is 2.35 bits per heavy atom. The van der Waals surface area contributed by atoms with Crippen molar-refractivity contribution in [3.05, 3.63) is 6.42 Å². The second-order valence-electron chi connectivity index (χ2n) is 10.3. The zero-order valence-electron chi connectivity index (χ0n) is 16.6. The molecule has 0 amide bonds. The van der Waals surface area contributed by atoms with Crippen LogP contribution in [0, 0.1) is 52.8 Å². The van der Waals surface area contributed by atoms with Crippen LogP contribution in [0.1, 0.15) is 108 Å². The van der Waals surface area contributed by atoms with E-state index >= 15 is 0 Å². The largest absolute Gasteiger partial charge is 0.0776 e. The maximum absolute atomic E-state index is 2.85. The Labute approximate surface area is 184 Å². The molecule has 26 heavy (non-hydrogen) atoms. The molecule has 0 unspecified atom stereocenters. The van der Waals surface area contributed by atoms with Crippen molar-refractivity contribution < 1.29 is 1.43 Å². The SMILES string of the molecule is C.C.CC[C@@H](C)[C@H]1CC[C@H]2[C@@H]3[CH]C[C@@H]4CCCC[C@]4(C)[C@H]3CC[C@]12C.[HH].[Sn]. The van der Waals surface area contributed by atoms with Crippen LogP contribution in [-0.4, -0.2) is 23.9 Å². The smallest absolute Gasteiger partial charge is 0 e. The quantitative estimate of drug-likeness (QED) is 0.360. The van der Waals surface area contributed by atoms with Crippen molar-refractivity contribution >= 4 is 23.9 Å². The van der Waals surface area contributed by atoms with Gasteiger partial charge in [0.1, 0.15) is 0 Å². The normalized spacial score (nSPS) is 47.8. The van der Waals surface area contributed by atoms with Crippen molar-refractivity contribution in [1.29, 1.82) is 0 Å². The van der Waals surface area contributed by atoms with E-state index in [0.717, 1.165) is 35.5 Å². The van der Waals surface area contributed by atoms with E-state index in [-0.39, 0.29) is 40.2 Å². The molecule has 0 heterocycles. The molecule has 4 rings (SSSR count). The van der Waals surface area contributed by atoms with Gasteiger partial charge >= 0.3 is 0 Å². The van der Waals surface area contributed by atoms with E-state index in [1.54, 1.807) is 0 Å². The Balaban J connectivity index is 0.00000169. The second-order valence-corrected chi connectivity index (χ2v) is 10.3. The van der Waals surface area contributed by atoms with E-state index < -0.39 is 0 Å². The van der Waals surface area contributed by atoms with Crippen LogP contribution in [0.15, 0.2) is 0 Å². The average molecular weight is 468 g/mol. The van der Waals surface area contributed by atoms with Crippen LogP contribution >= 0.6 is 0 Å². The first-order valence-electron chi connectivity index (χ1n) is 10.8. The van der Waals surface area contributed by atoms with Crippen LogP contribution < -0.4 is 0 Å². The Hall–Kier alpha value is 0.799. The molecule has 0 aliphatic heterocycles. The summed E-state index contributed by atoms with van der Waals surface area (Å²) in [7, 11) is 0. The van der Waals surface area contributed by atoms with E-state index in [0.29, 0.717) is 10.8 Å². The Morgan fingerprint density at radius 1 is 0.962 bits per heavy atom. The van der Waals surface area contributed by atoms with Crippen LogP contribution in [0.25, 0.3) is 0 Å². The molecule has 0 aromatic carbocycles. The molecule has 1 heteroatoms. The minimum atomic E-state index is 0. The van der Waals surface area contributed by atoms with E-state index in [9.17, 15) is 0 Å². The van der Waals surface area contributed by atoms with Crippen molar-refractivity contribution in [3.8, 4) is 0 Å². The van der Waals surface area contributed by atoms with Crippen LogP contribution in [0.2, 0.25) is 0 Å². The third-order valence-electron chi connectivity index (χ3n) is 9.73. The monoisotopic (exact) mass is 469 g/mol. The van der Waals surface area contributed by atoms with Gasteiger partial charge in [-0.05, 0) is 97.7 Å². The topological polar surface area (TPSA) is 0 Å². The predicted octanol–water partition coefficient (Wildman–Crippen LogP) is 8.03. The number of hydrogen-bond donors (Lipinski definition) is 0. The molecular weight excluding hydrogens is 419 g/mol. The molecule has 5 radical (unpaired) electrons. The summed E-state index contributed by atoms with van der Waals surface area (Å²) in [6.45, 7) is 10.3. The van der Waals surface area contributed by atoms with Crippen molar-refractivity contribution in [2.24, 2.45) is 46.3 Å². The van der Waals surface area contributed by atoms with E-state index in [2.05, 4.69) is 34.1 Å². The van der Waals surface area contributed by atoms with Gasteiger partial charge in [-0.25, -0.2) is 0 Å². The van der Waals surface area contributed by atoms with Gasteiger partial charge in [0.25, 0.3) is 0 Å². The van der Waals surface area contributed by atoms with E-state index in [1.165, 1.54) is 64.2 Å². The van der Waals surface area contributed by atoms with Crippen LogP contribution in [0.3, 0.4) is 0 Å². The first-order valence-corrected chi connectivity index (χ1v) is 10.8. The van der Waals surface area contributed by atoms with Crippen molar-refractivity contribution in [2.45, 2.75) is 107 Å². The predicted molar refractivity (Wildman–Crippen MR) is 120 cm³/mol. The van der Waals surface area contributed by atoms with E-state index in [4.69, 9.17) is 0 Å². The Kier molecular flexibility index (Phi) is 8.67. The van der Waals surface area contributed by atoms with Crippen LogP contribution in [0.5, 0.6) is 0 Å². The third-order valence-corrected chi connectivity index (χ3v) is 9.73. The van der Waals surface area contributed by atoms with Gasteiger partial charge in [-0.3, -0.25) is 0 Å². The molecule has 0 spiro atoms. The fourth-order valence-electron chi connectivity index (χ4n) is 8.18. The second kappa shape index (κ2) is 9.08. The van der Waals surface area contributed by atoms with Gasteiger partial charge in [-0.2, -0.15) is 0 Å². The molecule has 4 aliphatic rings. The van der Waals surface area contributed by atoms with E-state index in [1.807, 2.05) is 0 Å². The van der Waals surface area contributed by atoms with Crippen molar-refractivity contribution in [3.63, 3.8) is 0 Å². The summed E-state index contributed by atoms with van der Waals surface area (Å²) in [4.78, 5) is 0. The fraction of sp³-hybridized carbons (Fsp3) is 0.960. The minimum Gasteiger partial charge on any atom is -0.0776 e. The number of fused-ring (bicyclic) bond motifs is 5. The molecule has 0 saturated heterocycles. The molecular formula is C25H49Sn. The summed E-state index contributed by atoms with van der Waals surface area (Å²) in [5, 5.41) is 0. The van der Waals surface area contributed by atoms with Gasteiger partial charge in [0.2, 0.25) is 0 Å². The molecule has 0 aromatic rings. The molecule has 0 bridgehead atoms. The minimum absolute atomic E-state index is 0. The molecule has 0 nitrogen and oxygen atoms in total. The maximum Gasteiger partial charge on any atom is 0 e. The summed E-state index contributed by atoms with van der Waals surface area (Å²) in [5.41, 5.74) is 1.35. The van der Waals surface area contributed by atoms with Crippen molar-refractivity contribution in [2.75, 3.05) is 0 Å². The van der Waals surface area contributed by atoms with Gasteiger partial charge in [-0.15, -0.1) is 0 Å². The zero-order chi connectivity index (χ0) is 16.2. The third kappa shape index (κ3) is 3.56. The average Bonchev–Trinajstić information content (AvgIpc) is 2.91. The standard InChI is InChI=1S/C23H39.2CH4.Sn.H2/c1-5-16(2)19-11-12-20-18-10-9-17-8-6-7-14-22(17,3)21(18)13-15-23(19,20)4;;;;/h10,16-21H,5-9,11-15H2,1-4H3;2*1H4;;1H/t16-,17+,18+,19-,20+,21+,22+,23-;;;;/m1..../s1. The van der Waals surface area contributed by atoms with Gasteiger partial charge < -0.3 is 0 Å². The maximum atomic E-state index is 2.85. The Morgan fingerprint density at radius 2 is 1.65 bits per heavy atom. The first kappa shape index (κ1) is 24.8. The fourth-order valence-corrected chi connectivity index (χ4v) is 8.18. The molecule has 0 aromatic heterocycles. The van der Waals surface area contributed by atoms with Gasteiger partial charge in [-0.1, -0.05) is 61.8 Å². The van der Waals surface area contributed by atoms with Gasteiger partial charge in [0.15, 0.2) is 0 Å². The van der Waals surface area contributed by atoms with Gasteiger partial charge in [0.05, 0.1) is 0 Å². The van der Waals surface area contributed by atoms with Gasteiger partial charge in [0, 0.05) is 25.3 Å². The summed E-state index contributed by atoms with van der Waals surface area (Å²) < 4.78 is 0. The molecule has 0 N–H and O–H groups in total.